The number of imidazole rings is 1. The molecule has 20 heavy (non-hydrogen) atoms. The summed E-state index contributed by atoms with van der Waals surface area (Å²) in [5.74, 6) is 0.521. The van der Waals surface area contributed by atoms with Crippen LogP contribution in [0.5, 0.6) is 0 Å². The van der Waals surface area contributed by atoms with Crippen molar-refractivity contribution in [3.63, 3.8) is 0 Å². The third kappa shape index (κ3) is 4.17. The monoisotopic (exact) mass is 275 g/mol. The van der Waals surface area contributed by atoms with Crippen molar-refractivity contribution >= 4 is 0 Å². The van der Waals surface area contributed by atoms with Crippen LogP contribution in [-0.2, 0) is 6.54 Å². The van der Waals surface area contributed by atoms with Gasteiger partial charge in [0.25, 0.3) is 0 Å². The lowest BCUT2D eigenvalue weighted by molar-refractivity contribution is 0.527. The zero-order chi connectivity index (χ0) is 14.4. The zero-order valence-electron chi connectivity index (χ0n) is 12.1. The van der Waals surface area contributed by atoms with Crippen molar-refractivity contribution in [2.24, 2.45) is 5.92 Å². The lowest BCUT2D eigenvalue weighted by Crippen LogP contribution is -2.15. The van der Waals surface area contributed by atoms with E-state index in [9.17, 15) is 4.39 Å². The molecule has 4 heteroatoms. The van der Waals surface area contributed by atoms with E-state index in [2.05, 4.69) is 24.1 Å². The fourth-order valence-electron chi connectivity index (χ4n) is 2.14. The van der Waals surface area contributed by atoms with Gasteiger partial charge in [0.1, 0.15) is 5.82 Å². The molecule has 1 heterocycles. The van der Waals surface area contributed by atoms with Gasteiger partial charge in [0.2, 0.25) is 0 Å². The molecule has 0 amide bonds. The molecule has 3 nitrogen and oxygen atoms in total. The molecular formula is C16H22FN3. The van der Waals surface area contributed by atoms with Crippen LogP contribution in [0, 0.1) is 11.7 Å². The first-order chi connectivity index (χ1) is 9.66. The highest BCUT2D eigenvalue weighted by molar-refractivity contribution is 5.36. The van der Waals surface area contributed by atoms with Crippen molar-refractivity contribution in [2.75, 3.05) is 6.54 Å². The van der Waals surface area contributed by atoms with Gasteiger partial charge in [0.05, 0.1) is 12.0 Å². The molecule has 0 aliphatic heterocycles. The summed E-state index contributed by atoms with van der Waals surface area (Å²) in [7, 11) is 0. The Kier molecular flexibility index (Phi) is 5.30. The minimum absolute atomic E-state index is 0.218. The second kappa shape index (κ2) is 7.20. The first kappa shape index (κ1) is 14.7. The Balaban J connectivity index is 1.86. The fourth-order valence-corrected chi connectivity index (χ4v) is 2.14. The van der Waals surface area contributed by atoms with Crippen LogP contribution in [-0.4, -0.2) is 16.1 Å². The second-order valence-corrected chi connectivity index (χ2v) is 5.47. The molecule has 0 aliphatic rings. The van der Waals surface area contributed by atoms with Crippen molar-refractivity contribution in [3.8, 4) is 5.69 Å². The number of hydrogen-bond acceptors (Lipinski definition) is 2. The van der Waals surface area contributed by atoms with E-state index in [0.29, 0.717) is 12.2 Å². The Labute approximate surface area is 119 Å². The van der Waals surface area contributed by atoms with Gasteiger partial charge in [0.15, 0.2) is 0 Å². The average molecular weight is 275 g/mol. The minimum Gasteiger partial charge on any atom is -0.313 e. The predicted octanol–water partition coefficient (Wildman–Crippen LogP) is 3.54. The molecule has 1 aromatic heterocycles. The highest BCUT2D eigenvalue weighted by Crippen LogP contribution is 2.15. The van der Waals surface area contributed by atoms with Crippen molar-refractivity contribution in [1.29, 1.82) is 0 Å². The largest absolute Gasteiger partial charge is 0.313 e. The SMILES string of the molecule is CC(C)CCCNCc1ccc(-n2ccnc2)c(F)c1. The van der Waals surface area contributed by atoms with Gasteiger partial charge >= 0.3 is 0 Å². The zero-order valence-corrected chi connectivity index (χ0v) is 12.1. The second-order valence-electron chi connectivity index (χ2n) is 5.47. The molecule has 0 bridgehead atoms. The van der Waals surface area contributed by atoms with Gasteiger partial charge in [0, 0.05) is 18.9 Å². The Morgan fingerprint density at radius 3 is 2.85 bits per heavy atom. The minimum atomic E-state index is -0.218. The Hall–Kier alpha value is -1.68. The lowest BCUT2D eigenvalue weighted by Gasteiger charge is -2.09. The van der Waals surface area contributed by atoms with Gasteiger partial charge < -0.3 is 9.88 Å². The molecule has 0 atom stereocenters. The molecule has 0 aliphatic carbocycles. The van der Waals surface area contributed by atoms with Crippen LogP contribution >= 0.6 is 0 Å². The molecule has 0 saturated heterocycles. The Bertz CT molecular complexity index is 521. The number of rotatable bonds is 7. The fraction of sp³-hybridized carbons (Fsp3) is 0.438. The summed E-state index contributed by atoms with van der Waals surface area (Å²) in [6.45, 7) is 6.14. The standard InChI is InChI=1S/C16H22FN3/c1-13(2)4-3-7-18-11-14-5-6-16(15(17)10-14)20-9-8-19-12-20/h5-6,8-10,12-13,18H,3-4,7,11H2,1-2H3. The number of halogens is 1. The van der Waals surface area contributed by atoms with Crippen LogP contribution in [0.2, 0.25) is 0 Å². The van der Waals surface area contributed by atoms with E-state index in [1.807, 2.05) is 6.07 Å². The summed E-state index contributed by atoms with van der Waals surface area (Å²) in [6, 6.07) is 5.33. The highest BCUT2D eigenvalue weighted by atomic mass is 19.1. The third-order valence-corrected chi connectivity index (χ3v) is 3.26. The highest BCUT2D eigenvalue weighted by Gasteiger charge is 2.05. The molecular weight excluding hydrogens is 253 g/mol. The molecule has 108 valence electrons. The van der Waals surface area contributed by atoms with Gasteiger partial charge in [-0.15, -0.1) is 0 Å². The number of benzene rings is 1. The van der Waals surface area contributed by atoms with Crippen LogP contribution in [0.4, 0.5) is 4.39 Å². The van der Waals surface area contributed by atoms with E-state index >= 15 is 0 Å². The van der Waals surface area contributed by atoms with E-state index in [-0.39, 0.29) is 5.82 Å². The van der Waals surface area contributed by atoms with Crippen molar-refractivity contribution < 1.29 is 4.39 Å². The molecule has 2 aromatic rings. The van der Waals surface area contributed by atoms with E-state index in [1.165, 1.54) is 6.42 Å². The number of aromatic nitrogens is 2. The topological polar surface area (TPSA) is 29.9 Å². The first-order valence-corrected chi connectivity index (χ1v) is 7.14. The summed E-state index contributed by atoms with van der Waals surface area (Å²) >= 11 is 0. The van der Waals surface area contributed by atoms with Crippen LogP contribution < -0.4 is 5.32 Å². The van der Waals surface area contributed by atoms with E-state index in [4.69, 9.17) is 0 Å². The first-order valence-electron chi connectivity index (χ1n) is 7.14. The maximum absolute atomic E-state index is 14.0. The molecule has 1 N–H and O–H groups in total. The van der Waals surface area contributed by atoms with Crippen molar-refractivity contribution in [1.82, 2.24) is 14.9 Å². The summed E-state index contributed by atoms with van der Waals surface area (Å²) in [5.41, 5.74) is 1.50. The predicted molar refractivity (Wildman–Crippen MR) is 79.3 cm³/mol. The smallest absolute Gasteiger partial charge is 0.147 e. The van der Waals surface area contributed by atoms with Crippen LogP contribution in [0.1, 0.15) is 32.3 Å². The van der Waals surface area contributed by atoms with Crippen LogP contribution in [0.15, 0.2) is 36.9 Å². The quantitative estimate of drug-likeness (QED) is 0.783. The van der Waals surface area contributed by atoms with Crippen LogP contribution in [0.3, 0.4) is 0 Å². The maximum Gasteiger partial charge on any atom is 0.147 e. The van der Waals surface area contributed by atoms with E-state index in [1.54, 1.807) is 35.4 Å². The Morgan fingerprint density at radius 1 is 1.35 bits per heavy atom. The molecule has 0 radical (unpaired) electrons. The molecule has 1 aromatic carbocycles. The molecule has 0 spiro atoms. The summed E-state index contributed by atoms with van der Waals surface area (Å²) in [6.07, 6.45) is 7.36. The van der Waals surface area contributed by atoms with Gasteiger partial charge in [-0.3, -0.25) is 0 Å². The van der Waals surface area contributed by atoms with Crippen LogP contribution in [0.25, 0.3) is 5.69 Å². The molecule has 0 saturated carbocycles. The van der Waals surface area contributed by atoms with Crippen molar-refractivity contribution in [2.45, 2.75) is 33.2 Å². The number of nitrogens with one attached hydrogen (secondary N) is 1. The van der Waals surface area contributed by atoms with Gasteiger partial charge in [-0.05, 0) is 43.0 Å². The van der Waals surface area contributed by atoms with Gasteiger partial charge in [-0.2, -0.15) is 0 Å². The summed E-state index contributed by atoms with van der Waals surface area (Å²) < 4.78 is 15.7. The van der Waals surface area contributed by atoms with Gasteiger partial charge in [-0.1, -0.05) is 19.9 Å². The molecule has 2 rings (SSSR count). The maximum atomic E-state index is 14.0. The van der Waals surface area contributed by atoms with Gasteiger partial charge in [-0.25, -0.2) is 9.37 Å². The Morgan fingerprint density at radius 2 is 2.20 bits per heavy atom. The van der Waals surface area contributed by atoms with Crippen molar-refractivity contribution in [3.05, 3.63) is 48.3 Å². The number of hydrogen-bond donors (Lipinski definition) is 1. The normalized spacial score (nSPS) is 11.2. The summed E-state index contributed by atoms with van der Waals surface area (Å²) in [4.78, 5) is 3.93. The third-order valence-electron chi connectivity index (χ3n) is 3.26. The van der Waals surface area contributed by atoms with E-state index in [0.717, 1.165) is 24.4 Å². The molecule has 0 unspecified atom stereocenters. The number of nitrogens with zero attached hydrogens (tertiary/aromatic N) is 2. The average Bonchev–Trinajstić information content (AvgIpc) is 2.92. The van der Waals surface area contributed by atoms with E-state index < -0.39 is 0 Å². The molecule has 0 fully saturated rings. The lowest BCUT2D eigenvalue weighted by atomic mass is 10.1. The summed E-state index contributed by atoms with van der Waals surface area (Å²) in [5, 5.41) is 3.35.